The van der Waals surface area contributed by atoms with Crippen LogP contribution < -0.4 is 0 Å². The van der Waals surface area contributed by atoms with Gasteiger partial charge in [0.2, 0.25) is 0 Å². The quantitative estimate of drug-likeness (QED) is 0.778. The van der Waals surface area contributed by atoms with E-state index in [1.807, 2.05) is 18.2 Å². The molecular weight excluding hydrogens is 294 g/mol. The summed E-state index contributed by atoms with van der Waals surface area (Å²) in [5.74, 6) is 0.0144. The number of ketones is 1. The number of rotatable bonds is 2. The molecule has 0 radical (unpaired) electrons. The zero-order chi connectivity index (χ0) is 15.9. The van der Waals surface area contributed by atoms with Crippen molar-refractivity contribution in [3.63, 3.8) is 0 Å². The molecule has 0 unspecified atom stereocenters. The second kappa shape index (κ2) is 5.36. The fourth-order valence-electron chi connectivity index (χ4n) is 2.69. The summed E-state index contributed by atoms with van der Waals surface area (Å²) in [6.45, 7) is 5.73. The topological polar surface area (TPSA) is 47.0 Å². The molecule has 1 aromatic heterocycles. The Balaban J connectivity index is 2.03. The van der Waals surface area contributed by atoms with E-state index in [4.69, 9.17) is 0 Å². The van der Waals surface area contributed by atoms with Gasteiger partial charge >= 0.3 is 0 Å². The number of nitrogens with zero attached hydrogens (tertiary/aromatic N) is 1. The number of Topliss-reactive ketones (excluding diaryl/α,β-unsaturated/α-hetero) is 1. The van der Waals surface area contributed by atoms with Crippen LogP contribution in [0.5, 0.6) is 0 Å². The van der Waals surface area contributed by atoms with E-state index in [0.29, 0.717) is 12.0 Å². The number of carbonyl (C=O) groups excluding carboxylic acids is 2. The highest BCUT2D eigenvalue weighted by Crippen LogP contribution is 2.43. The second-order valence-corrected chi connectivity index (χ2v) is 7.33. The van der Waals surface area contributed by atoms with E-state index in [2.05, 4.69) is 24.9 Å². The third kappa shape index (κ3) is 2.71. The van der Waals surface area contributed by atoms with Gasteiger partial charge < -0.3 is 0 Å². The predicted octanol–water partition coefficient (Wildman–Crippen LogP) is 4.25. The Morgan fingerprint density at radius 2 is 2.00 bits per heavy atom. The van der Waals surface area contributed by atoms with E-state index in [1.54, 1.807) is 12.3 Å². The highest BCUT2D eigenvalue weighted by Gasteiger charge is 2.32. The summed E-state index contributed by atoms with van der Waals surface area (Å²) >= 11 is 1.32. The minimum absolute atomic E-state index is 0.0144. The molecule has 0 fully saturated rings. The fraction of sp³-hybridized carbons (Fsp3) is 0.278. The van der Waals surface area contributed by atoms with Gasteiger partial charge in [0.1, 0.15) is 0 Å². The molecule has 0 atom stereocenters. The number of hydrogen-bond donors (Lipinski definition) is 0. The Bertz CT molecular complexity index is 763. The van der Waals surface area contributed by atoms with Crippen LogP contribution in [0.15, 0.2) is 41.4 Å². The maximum atomic E-state index is 11.8. The largest absolute Gasteiger partial charge is 0.294 e. The van der Waals surface area contributed by atoms with E-state index < -0.39 is 0 Å². The molecule has 3 nitrogen and oxygen atoms in total. The number of hydrogen-bond acceptors (Lipinski definition) is 4. The summed E-state index contributed by atoms with van der Waals surface area (Å²) in [5, 5.41) is 0.217. The molecule has 1 aromatic carbocycles. The minimum Gasteiger partial charge on any atom is -0.294 e. The van der Waals surface area contributed by atoms with Crippen LogP contribution in [0.2, 0.25) is 0 Å². The molecule has 1 aliphatic heterocycles. The molecule has 3 rings (SSSR count). The lowest BCUT2D eigenvalue weighted by Crippen LogP contribution is -2.25. The average Bonchev–Trinajstić information content (AvgIpc) is 2.46. The van der Waals surface area contributed by atoms with Crippen LogP contribution in [0, 0.1) is 0 Å². The third-order valence-electron chi connectivity index (χ3n) is 3.98. The summed E-state index contributed by atoms with van der Waals surface area (Å²) in [6.07, 6.45) is 2.16. The van der Waals surface area contributed by atoms with E-state index in [-0.39, 0.29) is 16.3 Å². The Morgan fingerprint density at radius 3 is 2.64 bits per heavy atom. The van der Waals surface area contributed by atoms with E-state index in [1.165, 1.54) is 24.2 Å². The fourth-order valence-corrected chi connectivity index (χ4v) is 3.95. The summed E-state index contributed by atoms with van der Waals surface area (Å²) in [6, 6.07) is 9.76. The number of carbonyl (C=O) groups is 2. The van der Waals surface area contributed by atoms with Crippen LogP contribution >= 0.6 is 11.8 Å². The normalized spacial score (nSPS) is 16.2. The van der Waals surface area contributed by atoms with Gasteiger partial charge in [0.15, 0.2) is 10.9 Å². The molecule has 0 amide bonds. The number of aromatic nitrogens is 1. The Kier molecular flexibility index (Phi) is 3.65. The van der Waals surface area contributed by atoms with Crippen molar-refractivity contribution in [3.8, 4) is 11.3 Å². The maximum absolute atomic E-state index is 11.8. The Labute approximate surface area is 134 Å². The molecule has 0 saturated carbocycles. The summed E-state index contributed by atoms with van der Waals surface area (Å²) in [5.41, 5.74) is 3.49. The van der Waals surface area contributed by atoms with Crippen molar-refractivity contribution in [1.29, 1.82) is 0 Å². The van der Waals surface area contributed by atoms with Gasteiger partial charge in [0.05, 0.1) is 5.69 Å². The van der Waals surface area contributed by atoms with Gasteiger partial charge in [-0.1, -0.05) is 31.7 Å². The first kappa shape index (κ1) is 15.0. The number of pyridine rings is 1. The molecule has 0 bridgehead atoms. The lowest BCUT2D eigenvalue weighted by atomic mass is 9.80. The van der Waals surface area contributed by atoms with Crippen molar-refractivity contribution < 1.29 is 9.59 Å². The van der Waals surface area contributed by atoms with Gasteiger partial charge in [-0.15, -0.1) is 0 Å². The molecule has 4 heteroatoms. The van der Waals surface area contributed by atoms with Gasteiger partial charge in [-0.3, -0.25) is 14.6 Å². The van der Waals surface area contributed by atoms with Crippen molar-refractivity contribution in [2.24, 2.45) is 0 Å². The molecular formula is C18H17NO2S. The zero-order valence-electron chi connectivity index (χ0n) is 12.8. The molecule has 2 aromatic rings. The maximum Gasteiger partial charge on any atom is 0.194 e. The second-order valence-electron chi connectivity index (χ2n) is 6.23. The zero-order valence-corrected chi connectivity index (χ0v) is 13.7. The van der Waals surface area contributed by atoms with Gasteiger partial charge in [-0.25, -0.2) is 0 Å². The van der Waals surface area contributed by atoms with E-state index in [0.717, 1.165) is 16.2 Å². The van der Waals surface area contributed by atoms with Crippen molar-refractivity contribution in [2.45, 2.75) is 37.5 Å². The minimum atomic E-state index is -0.160. The molecule has 0 saturated heterocycles. The molecule has 22 heavy (non-hydrogen) atoms. The van der Waals surface area contributed by atoms with Crippen LogP contribution in [-0.4, -0.2) is 15.9 Å². The van der Waals surface area contributed by atoms with Crippen molar-refractivity contribution in [1.82, 2.24) is 4.98 Å². The van der Waals surface area contributed by atoms with Crippen LogP contribution in [0.1, 0.15) is 43.1 Å². The first-order valence-electron chi connectivity index (χ1n) is 7.19. The standard InChI is InChI=1S/C18H17NO2S/c1-11(20)13-4-6-15(19-10-13)12-5-7-16-14(8-12)18(2,3)9-17(21)22-16/h4-8,10H,9H2,1-3H3. The van der Waals surface area contributed by atoms with Crippen molar-refractivity contribution in [3.05, 3.63) is 47.7 Å². The van der Waals surface area contributed by atoms with E-state index in [9.17, 15) is 9.59 Å². The van der Waals surface area contributed by atoms with Crippen LogP contribution in [0.4, 0.5) is 0 Å². The van der Waals surface area contributed by atoms with Crippen molar-refractivity contribution >= 4 is 22.7 Å². The number of thioether (sulfide) groups is 1. The van der Waals surface area contributed by atoms with Gasteiger partial charge in [0, 0.05) is 28.6 Å². The summed E-state index contributed by atoms with van der Waals surface area (Å²) in [7, 11) is 0. The first-order chi connectivity index (χ1) is 10.4. The lowest BCUT2D eigenvalue weighted by molar-refractivity contribution is -0.112. The number of fused-ring (bicyclic) bond motifs is 1. The van der Waals surface area contributed by atoms with E-state index >= 15 is 0 Å². The third-order valence-corrected chi connectivity index (χ3v) is 4.93. The molecule has 0 N–H and O–H groups in total. The van der Waals surface area contributed by atoms with Crippen LogP contribution in [0.3, 0.4) is 0 Å². The monoisotopic (exact) mass is 311 g/mol. The van der Waals surface area contributed by atoms with Gasteiger partial charge in [-0.2, -0.15) is 0 Å². The Hall–Kier alpha value is -1.94. The molecule has 0 spiro atoms. The molecule has 112 valence electrons. The summed E-state index contributed by atoms with van der Waals surface area (Å²) < 4.78 is 0. The first-order valence-corrected chi connectivity index (χ1v) is 8.01. The lowest BCUT2D eigenvalue weighted by Gasteiger charge is -2.31. The van der Waals surface area contributed by atoms with Gasteiger partial charge in [0.25, 0.3) is 0 Å². The SMILES string of the molecule is CC(=O)c1ccc(-c2ccc3c(c2)C(C)(C)CC(=O)S3)nc1. The van der Waals surface area contributed by atoms with Gasteiger partial charge in [-0.05, 0) is 42.2 Å². The molecule has 1 aliphatic rings. The summed E-state index contributed by atoms with van der Waals surface area (Å²) in [4.78, 5) is 28.6. The molecule has 0 aliphatic carbocycles. The highest BCUT2D eigenvalue weighted by molar-refractivity contribution is 8.13. The highest BCUT2D eigenvalue weighted by atomic mass is 32.2. The number of benzene rings is 1. The Morgan fingerprint density at radius 1 is 1.23 bits per heavy atom. The smallest absolute Gasteiger partial charge is 0.194 e. The molecule has 2 heterocycles. The van der Waals surface area contributed by atoms with Crippen LogP contribution in [-0.2, 0) is 10.2 Å². The average molecular weight is 311 g/mol. The van der Waals surface area contributed by atoms with Crippen molar-refractivity contribution in [2.75, 3.05) is 0 Å². The van der Waals surface area contributed by atoms with Crippen LogP contribution in [0.25, 0.3) is 11.3 Å². The predicted molar refractivity (Wildman–Crippen MR) is 88.2 cm³/mol.